The molecule has 0 aromatic heterocycles. The summed E-state index contributed by atoms with van der Waals surface area (Å²) >= 11 is -2.58. The van der Waals surface area contributed by atoms with Crippen LogP contribution < -0.4 is 10.8 Å². The van der Waals surface area contributed by atoms with Crippen LogP contribution >= 0.6 is 0 Å². The second-order valence-electron chi connectivity index (χ2n) is 8.29. The van der Waals surface area contributed by atoms with Gasteiger partial charge in [-0.15, -0.1) is 4.28 Å². The summed E-state index contributed by atoms with van der Waals surface area (Å²) in [5, 5.41) is 4.34. The number of amides is 3. The quantitative estimate of drug-likeness (QED) is 0.345. The van der Waals surface area contributed by atoms with Gasteiger partial charge >= 0.3 is 17.4 Å². The molecule has 4 fully saturated rings. The van der Waals surface area contributed by atoms with Crippen molar-refractivity contribution in [3.63, 3.8) is 0 Å². The van der Waals surface area contributed by atoms with Crippen molar-refractivity contribution in [2.45, 2.75) is 50.2 Å². The Hall–Kier alpha value is -1.31. The SMILES string of the molecule is O=C(NOC[C@H]1C[C@@H](CN2CCCC2)CN1)C1CCC2CN1C(=O)N2OS(=O)O. The minimum atomic E-state index is -2.58. The molecule has 29 heavy (non-hydrogen) atoms. The monoisotopic (exact) mass is 431 g/mol. The predicted octanol–water partition coefficient (Wildman–Crippen LogP) is -0.555. The summed E-state index contributed by atoms with van der Waals surface area (Å²) in [6.45, 7) is 5.14. The maximum absolute atomic E-state index is 12.5. The molecule has 11 nitrogen and oxygen atoms in total. The predicted molar refractivity (Wildman–Crippen MR) is 102 cm³/mol. The molecular weight excluding hydrogens is 402 g/mol. The topological polar surface area (TPSA) is 124 Å². The van der Waals surface area contributed by atoms with Crippen LogP contribution in [0.5, 0.6) is 0 Å². The maximum Gasteiger partial charge on any atom is 0.346 e. The largest absolute Gasteiger partial charge is 0.346 e. The average molecular weight is 432 g/mol. The van der Waals surface area contributed by atoms with Crippen molar-refractivity contribution in [3.8, 4) is 0 Å². The van der Waals surface area contributed by atoms with E-state index in [-0.39, 0.29) is 24.5 Å². The zero-order valence-corrected chi connectivity index (χ0v) is 17.1. The van der Waals surface area contributed by atoms with E-state index in [0.717, 1.165) is 24.6 Å². The normalized spacial score (nSPS) is 33.5. The Labute approximate surface area is 172 Å². The van der Waals surface area contributed by atoms with Crippen LogP contribution in [0.2, 0.25) is 0 Å². The van der Waals surface area contributed by atoms with Crippen molar-refractivity contribution in [1.29, 1.82) is 0 Å². The van der Waals surface area contributed by atoms with Crippen LogP contribution in [0.25, 0.3) is 0 Å². The van der Waals surface area contributed by atoms with E-state index in [1.165, 1.54) is 30.8 Å². The van der Waals surface area contributed by atoms with E-state index in [1.807, 2.05) is 0 Å². The highest BCUT2D eigenvalue weighted by Gasteiger charge is 2.48. The average Bonchev–Trinajstić information content (AvgIpc) is 3.41. The van der Waals surface area contributed by atoms with E-state index in [9.17, 15) is 13.8 Å². The van der Waals surface area contributed by atoms with E-state index in [0.29, 0.717) is 25.4 Å². The minimum Gasteiger partial charge on any atom is -0.311 e. The van der Waals surface area contributed by atoms with Gasteiger partial charge in [-0.3, -0.25) is 14.2 Å². The molecule has 4 heterocycles. The number of rotatable bonds is 8. The summed E-state index contributed by atoms with van der Waals surface area (Å²) < 4.78 is 24.4. The molecule has 0 spiro atoms. The third kappa shape index (κ3) is 4.89. The first-order valence-electron chi connectivity index (χ1n) is 10.3. The molecule has 12 heteroatoms. The number of urea groups is 1. The van der Waals surface area contributed by atoms with Gasteiger partial charge in [-0.05, 0) is 57.7 Å². The van der Waals surface area contributed by atoms with Crippen LogP contribution in [0.4, 0.5) is 4.79 Å². The Bertz CT molecular complexity index is 648. The molecular formula is C17H29N5O6S. The second kappa shape index (κ2) is 9.23. The first-order chi connectivity index (χ1) is 14.0. The van der Waals surface area contributed by atoms with Crippen molar-refractivity contribution in [3.05, 3.63) is 0 Å². The number of hydrogen-bond acceptors (Lipinski definition) is 7. The van der Waals surface area contributed by atoms with Crippen molar-refractivity contribution in [2.75, 3.05) is 39.3 Å². The Morgan fingerprint density at radius 3 is 2.86 bits per heavy atom. The summed E-state index contributed by atoms with van der Waals surface area (Å²) in [5.74, 6) is 0.230. The molecule has 3 amide bonds. The van der Waals surface area contributed by atoms with Crippen molar-refractivity contribution < 1.29 is 27.5 Å². The summed E-state index contributed by atoms with van der Waals surface area (Å²) in [4.78, 5) is 34.2. The number of hydrogen-bond donors (Lipinski definition) is 3. The molecule has 0 aromatic rings. The number of carbonyl (C=O) groups is 2. The number of piperidine rings is 1. The first-order valence-corrected chi connectivity index (χ1v) is 11.3. The highest BCUT2D eigenvalue weighted by atomic mass is 32.2. The van der Waals surface area contributed by atoms with Crippen LogP contribution in [0.1, 0.15) is 32.1 Å². The van der Waals surface area contributed by atoms with E-state index in [1.54, 1.807) is 0 Å². The fraction of sp³-hybridized carbons (Fsp3) is 0.882. The van der Waals surface area contributed by atoms with Crippen LogP contribution in [0, 0.1) is 5.92 Å². The lowest BCUT2D eigenvalue weighted by atomic mass is 10.0. The Morgan fingerprint density at radius 1 is 1.31 bits per heavy atom. The van der Waals surface area contributed by atoms with E-state index in [4.69, 9.17) is 9.39 Å². The lowest BCUT2D eigenvalue weighted by molar-refractivity contribution is -0.139. The molecule has 0 aliphatic carbocycles. The van der Waals surface area contributed by atoms with Crippen molar-refractivity contribution in [2.24, 2.45) is 5.92 Å². The Kier molecular flexibility index (Phi) is 6.66. The molecule has 4 saturated heterocycles. The number of nitrogens with zero attached hydrogens (tertiary/aromatic N) is 3. The summed E-state index contributed by atoms with van der Waals surface area (Å²) in [6, 6.07) is -1.36. The molecule has 2 bridgehead atoms. The Morgan fingerprint density at radius 2 is 2.10 bits per heavy atom. The molecule has 0 aromatic carbocycles. The smallest absolute Gasteiger partial charge is 0.311 e. The summed E-state index contributed by atoms with van der Waals surface area (Å²) in [7, 11) is 0. The van der Waals surface area contributed by atoms with E-state index in [2.05, 4.69) is 20.0 Å². The van der Waals surface area contributed by atoms with Gasteiger partial charge in [-0.25, -0.2) is 10.3 Å². The van der Waals surface area contributed by atoms with Crippen LogP contribution in [0.3, 0.4) is 0 Å². The van der Waals surface area contributed by atoms with Gasteiger partial charge in [0.05, 0.1) is 12.6 Å². The van der Waals surface area contributed by atoms with Gasteiger partial charge in [0.15, 0.2) is 0 Å². The van der Waals surface area contributed by atoms with Gasteiger partial charge in [0.2, 0.25) is 0 Å². The minimum absolute atomic E-state index is 0.204. The van der Waals surface area contributed by atoms with Crippen LogP contribution in [-0.4, -0.2) is 93.0 Å². The maximum atomic E-state index is 12.5. The molecule has 0 saturated carbocycles. The summed E-state index contributed by atoms with van der Waals surface area (Å²) in [6.07, 6.45) is 4.57. The molecule has 0 radical (unpaired) electrons. The highest BCUT2D eigenvalue weighted by Crippen LogP contribution is 2.30. The van der Waals surface area contributed by atoms with Gasteiger partial charge in [0, 0.05) is 19.1 Å². The number of hydroxylamine groups is 3. The molecule has 4 aliphatic heterocycles. The second-order valence-corrected chi connectivity index (χ2v) is 8.87. The fourth-order valence-electron chi connectivity index (χ4n) is 4.85. The van der Waals surface area contributed by atoms with Gasteiger partial charge in [0.1, 0.15) is 6.04 Å². The van der Waals surface area contributed by atoms with Gasteiger partial charge in [-0.1, -0.05) is 0 Å². The molecule has 3 N–H and O–H groups in total. The molecule has 164 valence electrons. The first kappa shape index (κ1) is 20.9. The number of carbonyl (C=O) groups excluding carboxylic acids is 2. The van der Waals surface area contributed by atoms with Gasteiger partial charge in [-0.2, -0.15) is 9.27 Å². The number of nitrogens with one attached hydrogen (secondary N) is 2. The van der Waals surface area contributed by atoms with Crippen LogP contribution in [-0.2, 0) is 25.3 Å². The lowest BCUT2D eigenvalue weighted by Crippen LogP contribution is -2.50. The van der Waals surface area contributed by atoms with Gasteiger partial charge < -0.3 is 15.1 Å². The van der Waals surface area contributed by atoms with E-state index >= 15 is 0 Å². The third-order valence-electron chi connectivity index (χ3n) is 6.25. The third-order valence-corrected chi connectivity index (χ3v) is 6.54. The highest BCUT2D eigenvalue weighted by molar-refractivity contribution is 7.74. The lowest BCUT2D eigenvalue weighted by Gasteiger charge is -2.29. The fourth-order valence-corrected chi connectivity index (χ4v) is 5.17. The zero-order valence-electron chi connectivity index (χ0n) is 16.3. The molecule has 4 aliphatic rings. The standard InChI is InChI=1S/C17H29N5O6S/c23-16(15-4-3-14-10-21(15)17(24)22(14)28-29(25)26)19-27-11-13-7-12(8-18-13)9-20-5-1-2-6-20/h12-15,18H,1-11H2,(H,19,23)(H,25,26)/t12-,13-,14?,15?/m1/s1. The summed E-state index contributed by atoms with van der Waals surface area (Å²) in [5.41, 5.74) is 2.47. The number of likely N-dealkylation sites (tertiary alicyclic amines) is 1. The zero-order chi connectivity index (χ0) is 20.4. The molecule has 3 unspecified atom stereocenters. The van der Waals surface area contributed by atoms with E-state index < -0.39 is 23.4 Å². The van der Waals surface area contributed by atoms with Gasteiger partial charge in [0.25, 0.3) is 5.91 Å². The van der Waals surface area contributed by atoms with Crippen LogP contribution in [0.15, 0.2) is 0 Å². The number of fused-ring (bicyclic) bond motifs is 2. The molecule has 5 atom stereocenters. The molecule has 4 rings (SSSR count). The van der Waals surface area contributed by atoms with Crippen molar-refractivity contribution >= 4 is 23.3 Å². The Balaban J connectivity index is 1.19. The van der Waals surface area contributed by atoms with Crippen molar-refractivity contribution in [1.82, 2.24) is 25.7 Å².